The maximum Gasteiger partial charge on any atom is 0.0883 e. The Labute approximate surface area is 81.0 Å². The summed E-state index contributed by atoms with van der Waals surface area (Å²) in [6.07, 6.45) is 2.13. The van der Waals surface area contributed by atoms with Gasteiger partial charge < -0.3 is 4.57 Å². The predicted molar refractivity (Wildman–Crippen MR) is 57.8 cm³/mol. The lowest BCUT2D eigenvalue weighted by Crippen LogP contribution is -2.16. The summed E-state index contributed by atoms with van der Waals surface area (Å²) >= 11 is 0. The van der Waals surface area contributed by atoms with Gasteiger partial charge in [0.15, 0.2) is 0 Å². The predicted octanol–water partition coefficient (Wildman–Crippen LogP) is 3.21. The third kappa shape index (κ3) is 1.24. The Hall–Kier alpha value is -0.0300. The van der Waals surface area contributed by atoms with Crippen LogP contribution in [0.5, 0.6) is 0 Å². The summed E-state index contributed by atoms with van der Waals surface area (Å²) in [6.45, 7) is 10.5. The Morgan fingerprint density at radius 3 is 2.46 bits per heavy atom. The van der Waals surface area contributed by atoms with E-state index in [1.807, 2.05) is 6.66 Å². The van der Waals surface area contributed by atoms with Crippen molar-refractivity contribution >= 4 is 7.14 Å². The lowest BCUT2D eigenvalue weighted by molar-refractivity contribution is 0.413. The third-order valence-corrected chi connectivity index (χ3v) is 7.43. The van der Waals surface area contributed by atoms with Gasteiger partial charge in [-0.1, -0.05) is 19.1 Å². The molecule has 74 valence electrons. The number of fused-ring (bicyclic) bond motifs is 2. The molecule has 5 atom stereocenters. The molecular weight excluding hydrogens is 179 g/mol. The maximum atomic E-state index is 12.2. The molecule has 2 aliphatic rings. The van der Waals surface area contributed by atoms with E-state index in [1.165, 1.54) is 5.57 Å². The summed E-state index contributed by atoms with van der Waals surface area (Å²) in [4.78, 5) is 0. The molecule has 0 aromatic carbocycles. The molecule has 0 aromatic rings. The van der Waals surface area contributed by atoms with E-state index < -0.39 is 7.14 Å². The van der Waals surface area contributed by atoms with Gasteiger partial charge in [0, 0.05) is 11.8 Å². The summed E-state index contributed by atoms with van der Waals surface area (Å²) in [5.74, 6) is 2.03. The molecule has 0 amide bonds. The minimum Gasteiger partial charge on any atom is -0.324 e. The normalized spacial score (nSPS) is 54.1. The Morgan fingerprint density at radius 2 is 2.15 bits per heavy atom. The quantitative estimate of drug-likeness (QED) is 0.467. The summed E-state index contributed by atoms with van der Waals surface area (Å²) in [6, 6.07) is 0. The van der Waals surface area contributed by atoms with Gasteiger partial charge in [0.2, 0.25) is 0 Å². The first-order chi connectivity index (χ1) is 5.93. The maximum absolute atomic E-state index is 12.2. The van der Waals surface area contributed by atoms with Crippen LogP contribution in [0.15, 0.2) is 12.2 Å². The molecule has 1 saturated carbocycles. The van der Waals surface area contributed by atoms with Crippen LogP contribution in [0.25, 0.3) is 0 Å². The van der Waals surface area contributed by atoms with Gasteiger partial charge in [-0.05, 0) is 37.8 Å². The first-order valence-electron chi connectivity index (χ1n) is 5.15. The molecule has 1 nitrogen and oxygen atoms in total. The van der Waals surface area contributed by atoms with Crippen LogP contribution in [-0.4, -0.2) is 18.5 Å². The Bertz CT molecular complexity index is 294. The molecule has 2 unspecified atom stereocenters. The largest absolute Gasteiger partial charge is 0.324 e. The summed E-state index contributed by atoms with van der Waals surface area (Å²) in [7, 11) is -1.78. The van der Waals surface area contributed by atoms with Crippen LogP contribution >= 0.6 is 7.14 Å². The van der Waals surface area contributed by atoms with E-state index in [-0.39, 0.29) is 0 Å². The monoisotopic (exact) mass is 198 g/mol. The average Bonchev–Trinajstić information content (AvgIpc) is 2.38. The molecule has 1 aliphatic heterocycles. The molecule has 0 radical (unpaired) electrons. The van der Waals surface area contributed by atoms with Gasteiger partial charge in [-0.2, -0.15) is 0 Å². The van der Waals surface area contributed by atoms with Gasteiger partial charge in [-0.15, -0.1) is 0 Å². The molecule has 0 spiro atoms. The molecule has 2 heteroatoms. The highest BCUT2D eigenvalue weighted by molar-refractivity contribution is 7.64. The SMILES string of the molecule is C=C(C)[C@@H]1CC2[C@@H](C)[C@H]1CP2(C)=O. The van der Waals surface area contributed by atoms with Gasteiger partial charge in [-0.3, -0.25) is 0 Å². The first-order valence-corrected chi connectivity index (χ1v) is 7.56. The lowest BCUT2D eigenvalue weighted by Gasteiger charge is -2.26. The number of hydrogen-bond acceptors (Lipinski definition) is 1. The van der Waals surface area contributed by atoms with Crippen molar-refractivity contribution in [3.63, 3.8) is 0 Å². The Morgan fingerprint density at radius 1 is 1.54 bits per heavy atom. The van der Waals surface area contributed by atoms with Crippen molar-refractivity contribution in [3.8, 4) is 0 Å². The Balaban J connectivity index is 2.27. The lowest BCUT2D eigenvalue weighted by atomic mass is 9.88. The van der Waals surface area contributed by atoms with Crippen LogP contribution < -0.4 is 0 Å². The van der Waals surface area contributed by atoms with Crippen LogP contribution in [0.1, 0.15) is 20.3 Å². The van der Waals surface area contributed by atoms with Gasteiger partial charge >= 0.3 is 0 Å². The zero-order valence-corrected chi connectivity index (χ0v) is 9.68. The minimum atomic E-state index is -1.78. The molecular formula is C11H19OP. The summed E-state index contributed by atoms with van der Waals surface area (Å²) < 4.78 is 12.2. The Kier molecular flexibility index (Phi) is 2.00. The van der Waals surface area contributed by atoms with E-state index >= 15 is 0 Å². The van der Waals surface area contributed by atoms with Crippen molar-refractivity contribution < 1.29 is 4.57 Å². The van der Waals surface area contributed by atoms with Crippen LogP contribution in [-0.2, 0) is 4.57 Å². The summed E-state index contributed by atoms with van der Waals surface area (Å²) in [5.41, 5.74) is 1.82. The fourth-order valence-electron chi connectivity index (χ4n) is 3.44. The summed E-state index contributed by atoms with van der Waals surface area (Å²) in [5, 5.41) is 0. The van der Waals surface area contributed by atoms with E-state index in [4.69, 9.17) is 0 Å². The molecule has 2 rings (SSSR count). The van der Waals surface area contributed by atoms with Crippen LogP contribution in [0.4, 0.5) is 0 Å². The molecule has 1 aliphatic carbocycles. The second kappa shape index (κ2) is 2.73. The molecule has 1 heterocycles. The fraction of sp³-hybridized carbons (Fsp3) is 0.818. The smallest absolute Gasteiger partial charge is 0.0883 e. The highest BCUT2D eigenvalue weighted by Crippen LogP contribution is 2.68. The van der Waals surface area contributed by atoms with Crippen molar-refractivity contribution in [1.82, 2.24) is 0 Å². The second-order valence-corrected chi connectivity index (χ2v) is 8.51. The van der Waals surface area contributed by atoms with Crippen molar-refractivity contribution in [1.29, 1.82) is 0 Å². The van der Waals surface area contributed by atoms with Gasteiger partial charge in [-0.25, -0.2) is 0 Å². The molecule has 2 bridgehead atoms. The minimum absolute atomic E-state index is 0.513. The van der Waals surface area contributed by atoms with E-state index in [9.17, 15) is 4.57 Å². The third-order valence-electron chi connectivity index (χ3n) is 4.20. The molecule has 2 fully saturated rings. The topological polar surface area (TPSA) is 17.1 Å². The standard InChI is InChI=1S/C11H19OP/c1-7(2)9-5-11-8(3)10(9)6-13(11,4)12/h8-11H,1,5-6H2,2-4H3/t8-,9-,10+,11?,13?/m0/s1. The molecule has 1 saturated heterocycles. The van der Waals surface area contributed by atoms with Crippen LogP contribution in [0, 0.1) is 17.8 Å². The van der Waals surface area contributed by atoms with Crippen molar-refractivity contribution in [2.45, 2.75) is 25.9 Å². The highest BCUT2D eigenvalue weighted by atomic mass is 31.2. The van der Waals surface area contributed by atoms with Gasteiger partial charge in [0.25, 0.3) is 0 Å². The van der Waals surface area contributed by atoms with E-state index in [1.54, 1.807) is 0 Å². The number of allylic oxidation sites excluding steroid dienone is 1. The number of rotatable bonds is 1. The van der Waals surface area contributed by atoms with E-state index in [0.717, 1.165) is 12.6 Å². The van der Waals surface area contributed by atoms with Crippen molar-refractivity contribution in [2.24, 2.45) is 17.8 Å². The van der Waals surface area contributed by atoms with Crippen molar-refractivity contribution in [3.05, 3.63) is 12.2 Å². The van der Waals surface area contributed by atoms with Crippen molar-refractivity contribution in [2.75, 3.05) is 12.8 Å². The van der Waals surface area contributed by atoms with Gasteiger partial charge in [0.05, 0.1) is 7.14 Å². The fourth-order valence-corrected chi connectivity index (χ4v) is 7.02. The van der Waals surface area contributed by atoms with Crippen LogP contribution in [0.2, 0.25) is 0 Å². The molecule has 0 N–H and O–H groups in total. The van der Waals surface area contributed by atoms with E-state index in [0.29, 0.717) is 23.4 Å². The zero-order chi connectivity index (χ0) is 9.80. The van der Waals surface area contributed by atoms with Crippen LogP contribution in [0.3, 0.4) is 0 Å². The van der Waals surface area contributed by atoms with Gasteiger partial charge in [0.1, 0.15) is 0 Å². The number of hydrogen-bond donors (Lipinski definition) is 0. The zero-order valence-electron chi connectivity index (χ0n) is 8.79. The average molecular weight is 198 g/mol. The first kappa shape index (κ1) is 9.52. The van der Waals surface area contributed by atoms with E-state index in [2.05, 4.69) is 20.4 Å². The second-order valence-electron chi connectivity index (χ2n) is 5.14. The molecule has 13 heavy (non-hydrogen) atoms. The molecule has 0 aromatic heterocycles. The highest BCUT2D eigenvalue weighted by Gasteiger charge is 2.54.